The molecule has 0 amide bonds. The lowest BCUT2D eigenvalue weighted by Gasteiger charge is -2.33. The van der Waals surface area contributed by atoms with Crippen molar-refractivity contribution in [1.82, 2.24) is 0 Å². The van der Waals surface area contributed by atoms with Crippen LogP contribution in [0.1, 0.15) is 47.0 Å². The van der Waals surface area contributed by atoms with Gasteiger partial charge in [-0.1, -0.05) is 20.8 Å². The minimum Gasteiger partial charge on any atom is -0.479 e. The summed E-state index contributed by atoms with van der Waals surface area (Å²) in [4.78, 5) is 9.45. The molecular formula is C13H30NO3+. The zero-order chi connectivity index (χ0) is 13.9. The molecule has 17 heavy (non-hydrogen) atoms. The summed E-state index contributed by atoms with van der Waals surface area (Å²) in [6.07, 6.45) is 2.72. The van der Waals surface area contributed by atoms with Gasteiger partial charge >= 0.3 is 5.97 Å². The molecule has 0 aliphatic rings. The van der Waals surface area contributed by atoms with E-state index in [2.05, 4.69) is 27.8 Å². The van der Waals surface area contributed by atoms with Gasteiger partial charge in [0.25, 0.3) is 0 Å². The van der Waals surface area contributed by atoms with E-state index in [1.807, 2.05) is 0 Å². The lowest BCUT2D eigenvalue weighted by molar-refractivity contribution is -0.909. The first-order chi connectivity index (χ1) is 7.82. The van der Waals surface area contributed by atoms with Crippen LogP contribution in [0.2, 0.25) is 0 Å². The molecule has 0 aliphatic heterocycles. The van der Waals surface area contributed by atoms with Gasteiger partial charge in [0.15, 0.2) is 0 Å². The smallest absolute Gasteiger partial charge is 0.332 e. The SMILES string of the molecule is CC(O)C(=O)O.CCC[N+](C)(CCC)CCC. The Balaban J connectivity index is 0. The van der Waals surface area contributed by atoms with Crippen molar-refractivity contribution in [3.8, 4) is 0 Å². The van der Waals surface area contributed by atoms with Gasteiger partial charge in [-0.15, -0.1) is 0 Å². The van der Waals surface area contributed by atoms with Gasteiger partial charge in [0.2, 0.25) is 0 Å². The fourth-order valence-corrected chi connectivity index (χ4v) is 1.95. The number of carbonyl (C=O) groups is 1. The van der Waals surface area contributed by atoms with Gasteiger partial charge in [0, 0.05) is 0 Å². The zero-order valence-corrected chi connectivity index (χ0v) is 12.1. The number of aliphatic hydroxyl groups excluding tert-OH is 1. The van der Waals surface area contributed by atoms with Crippen LogP contribution < -0.4 is 0 Å². The number of rotatable bonds is 7. The molecule has 0 bridgehead atoms. The maximum atomic E-state index is 9.45. The van der Waals surface area contributed by atoms with Crippen LogP contribution in [-0.2, 0) is 4.79 Å². The Morgan fingerprint density at radius 1 is 1.06 bits per heavy atom. The van der Waals surface area contributed by atoms with Crippen LogP contribution in [0.25, 0.3) is 0 Å². The maximum Gasteiger partial charge on any atom is 0.332 e. The van der Waals surface area contributed by atoms with Gasteiger partial charge in [-0.2, -0.15) is 0 Å². The van der Waals surface area contributed by atoms with Crippen molar-refractivity contribution in [2.45, 2.75) is 53.1 Å². The first-order valence-electron chi connectivity index (χ1n) is 6.57. The number of aliphatic carboxylic acids is 1. The van der Waals surface area contributed by atoms with Crippen molar-refractivity contribution < 1.29 is 19.5 Å². The second-order valence-corrected chi connectivity index (χ2v) is 4.80. The molecule has 104 valence electrons. The van der Waals surface area contributed by atoms with Crippen LogP contribution >= 0.6 is 0 Å². The lowest BCUT2D eigenvalue weighted by atomic mass is 10.2. The molecule has 4 heteroatoms. The van der Waals surface area contributed by atoms with Gasteiger partial charge in [0.1, 0.15) is 6.10 Å². The molecule has 0 aromatic heterocycles. The third-order valence-electron chi connectivity index (χ3n) is 2.65. The minimum atomic E-state index is -1.23. The highest BCUT2D eigenvalue weighted by Crippen LogP contribution is 2.06. The Labute approximate surface area is 106 Å². The van der Waals surface area contributed by atoms with Gasteiger partial charge < -0.3 is 14.7 Å². The van der Waals surface area contributed by atoms with E-state index in [0.717, 1.165) is 0 Å². The number of aliphatic hydroxyl groups is 1. The molecule has 0 aliphatic carbocycles. The molecule has 0 heterocycles. The Bertz CT molecular complexity index is 176. The van der Waals surface area contributed by atoms with Crippen molar-refractivity contribution in [2.24, 2.45) is 0 Å². The minimum absolute atomic E-state index is 1.19. The average Bonchev–Trinajstić information content (AvgIpc) is 2.19. The molecule has 0 radical (unpaired) electrons. The Hall–Kier alpha value is -0.610. The van der Waals surface area contributed by atoms with Crippen molar-refractivity contribution in [1.29, 1.82) is 0 Å². The molecule has 0 rings (SSSR count). The van der Waals surface area contributed by atoms with Crippen molar-refractivity contribution in [3.05, 3.63) is 0 Å². The normalized spacial score (nSPS) is 12.6. The summed E-state index contributed by atoms with van der Waals surface area (Å²) < 4.78 is 1.28. The highest BCUT2D eigenvalue weighted by molar-refractivity contribution is 5.71. The van der Waals surface area contributed by atoms with Gasteiger partial charge in [-0.25, -0.2) is 4.79 Å². The van der Waals surface area contributed by atoms with E-state index < -0.39 is 12.1 Å². The van der Waals surface area contributed by atoms with E-state index in [9.17, 15) is 4.79 Å². The number of carboxylic acids is 1. The van der Waals surface area contributed by atoms with Crippen LogP contribution in [0.5, 0.6) is 0 Å². The van der Waals surface area contributed by atoms with E-state index >= 15 is 0 Å². The second kappa shape index (κ2) is 10.5. The highest BCUT2D eigenvalue weighted by Gasteiger charge is 2.16. The van der Waals surface area contributed by atoms with Gasteiger partial charge in [-0.05, 0) is 26.2 Å². The summed E-state index contributed by atoms with van der Waals surface area (Å²) >= 11 is 0. The Morgan fingerprint density at radius 2 is 1.29 bits per heavy atom. The molecular weight excluding hydrogens is 218 g/mol. The van der Waals surface area contributed by atoms with Gasteiger partial charge in [-0.3, -0.25) is 0 Å². The topological polar surface area (TPSA) is 57.5 Å². The van der Waals surface area contributed by atoms with E-state index in [4.69, 9.17) is 10.2 Å². The van der Waals surface area contributed by atoms with Crippen molar-refractivity contribution in [3.63, 3.8) is 0 Å². The summed E-state index contributed by atoms with van der Waals surface area (Å²) in [6, 6.07) is 0. The van der Waals surface area contributed by atoms with E-state index in [0.29, 0.717) is 0 Å². The maximum absolute atomic E-state index is 9.45. The van der Waals surface area contributed by atoms with E-state index in [-0.39, 0.29) is 0 Å². The molecule has 1 atom stereocenters. The fourth-order valence-electron chi connectivity index (χ4n) is 1.95. The van der Waals surface area contributed by atoms with Crippen molar-refractivity contribution in [2.75, 3.05) is 26.7 Å². The average molecular weight is 248 g/mol. The Kier molecular flexibility index (Phi) is 11.6. The molecule has 0 aromatic carbocycles. The van der Waals surface area contributed by atoms with Crippen LogP contribution in [0, 0.1) is 0 Å². The third-order valence-corrected chi connectivity index (χ3v) is 2.65. The summed E-state index contributed by atoms with van der Waals surface area (Å²) in [5.74, 6) is -1.19. The predicted octanol–water partition coefficient (Wildman–Crippen LogP) is 2.11. The fraction of sp³-hybridized carbons (Fsp3) is 0.923. The highest BCUT2D eigenvalue weighted by atomic mass is 16.4. The number of quaternary nitrogens is 1. The first kappa shape index (κ1) is 18.7. The first-order valence-corrected chi connectivity index (χ1v) is 6.57. The summed E-state index contributed by atoms with van der Waals surface area (Å²) in [7, 11) is 2.39. The molecule has 2 N–H and O–H groups in total. The standard InChI is InChI=1S/C10H24N.C3H6O3/c1-5-8-11(4,9-6-2)10-7-3;1-2(4)3(5)6/h5-10H2,1-4H3;2,4H,1H3,(H,5,6)/q+1;. The molecule has 4 nitrogen and oxygen atoms in total. The number of hydrogen-bond acceptors (Lipinski definition) is 2. The molecule has 0 spiro atoms. The lowest BCUT2D eigenvalue weighted by Crippen LogP contribution is -2.45. The monoisotopic (exact) mass is 248 g/mol. The summed E-state index contributed by atoms with van der Waals surface area (Å²) in [5.41, 5.74) is 0. The zero-order valence-electron chi connectivity index (χ0n) is 12.1. The van der Waals surface area contributed by atoms with Crippen molar-refractivity contribution >= 4 is 5.97 Å². The largest absolute Gasteiger partial charge is 0.479 e. The van der Waals surface area contributed by atoms with Gasteiger partial charge in [0.05, 0.1) is 26.7 Å². The predicted molar refractivity (Wildman–Crippen MR) is 71.0 cm³/mol. The summed E-state index contributed by atoms with van der Waals surface area (Å²) in [6.45, 7) is 12.1. The second-order valence-electron chi connectivity index (χ2n) is 4.80. The van der Waals surface area contributed by atoms with E-state index in [1.54, 1.807) is 0 Å². The van der Waals surface area contributed by atoms with Crippen LogP contribution in [0.15, 0.2) is 0 Å². The van der Waals surface area contributed by atoms with Crippen LogP contribution in [0.3, 0.4) is 0 Å². The number of carboxylic acid groups (broad SMARTS) is 1. The molecule has 0 saturated heterocycles. The Morgan fingerprint density at radius 3 is 1.41 bits per heavy atom. The van der Waals surface area contributed by atoms with Crippen LogP contribution in [-0.4, -0.2) is 53.5 Å². The molecule has 1 unspecified atom stereocenters. The van der Waals surface area contributed by atoms with E-state index in [1.165, 1.54) is 50.3 Å². The molecule has 0 aromatic rings. The van der Waals surface area contributed by atoms with Crippen LogP contribution in [0.4, 0.5) is 0 Å². The third kappa shape index (κ3) is 11.6. The molecule has 0 saturated carbocycles. The summed E-state index contributed by atoms with van der Waals surface area (Å²) in [5, 5.41) is 15.8. The molecule has 0 fully saturated rings. The number of nitrogens with zero attached hydrogens (tertiary/aromatic N) is 1. The quantitative estimate of drug-likeness (QED) is 0.678. The number of hydrogen-bond donors (Lipinski definition) is 2.